The summed E-state index contributed by atoms with van der Waals surface area (Å²) in [5.41, 5.74) is 0.425. The molecule has 1 fully saturated rings. The van der Waals surface area contributed by atoms with E-state index in [1.54, 1.807) is 30.3 Å². The minimum absolute atomic E-state index is 0.146. The van der Waals surface area contributed by atoms with Crippen LogP contribution < -0.4 is 0 Å². The number of Topliss-reactive ketones (excluding diaryl/α,β-unsaturated/α-hetero) is 1. The lowest BCUT2D eigenvalue weighted by molar-refractivity contribution is -0.152. The van der Waals surface area contributed by atoms with E-state index in [0.29, 0.717) is 5.56 Å². The van der Waals surface area contributed by atoms with E-state index >= 15 is 0 Å². The Morgan fingerprint density at radius 3 is 2.40 bits per heavy atom. The monoisotopic (exact) mass is 204 g/mol. The molecule has 4 nitrogen and oxygen atoms in total. The molecule has 76 valence electrons. The van der Waals surface area contributed by atoms with E-state index in [4.69, 9.17) is 0 Å². The lowest BCUT2D eigenvalue weighted by Gasteiger charge is -2.02. The van der Waals surface area contributed by atoms with Crippen LogP contribution in [0.4, 0.5) is 0 Å². The molecule has 1 atom stereocenters. The quantitative estimate of drug-likeness (QED) is 0.409. The smallest absolute Gasteiger partial charge is 0.325 e. The van der Waals surface area contributed by atoms with Crippen molar-refractivity contribution in [3.8, 4) is 0 Å². The minimum atomic E-state index is -0.958. The summed E-state index contributed by atoms with van der Waals surface area (Å²) in [7, 11) is 0. The second-order valence-electron chi connectivity index (χ2n) is 3.28. The number of hydrogen-bond donors (Lipinski definition) is 0. The fraction of sp³-hybridized carbons (Fsp3) is 0.182. The van der Waals surface area contributed by atoms with Gasteiger partial charge in [-0.05, 0) is 0 Å². The lowest BCUT2D eigenvalue weighted by Crippen LogP contribution is -2.19. The van der Waals surface area contributed by atoms with Crippen LogP contribution in [-0.2, 0) is 14.3 Å². The van der Waals surface area contributed by atoms with Gasteiger partial charge in [-0.25, -0.2) is 0 Å². The van der Waals surface area contributed by atoms with E-state index in [1.165, 1.54) is 0 Å². The van der Waals surface area contributed by atoms with Crippen LogP contribution in [0, 0.1) is 5.92 Å². The molecule has 15 heavy (non-hydrogen) atoms. The van der Waals surface area contributed by atoms with Gasteiger partial charge in [0.15, 0.2) is 5.78 Å². The van der Waals surface area contributed by atoms with Crippen molar-refractivity contribution >= 4 is 17.7 Å². The summed E-state index contributed by atoms with van der Waals surface area (Å²) in [6, 6.07) is 8.40. The van der Waals surface area contributed by atoms with Gasteiger partial charge >= 0.3 is 11.9 Å². The van der Waals surface area contributed by atoms with Crippen LogP contribution in [0.25, 0.3) is 0 Å². The van der Waals surface area contributed by atoms with Crippen LogP contribution >= 0.6 is 0 Å². The summed E-state index contributed by atoms with van der Waals surface area (Å²) in [5, 5.41) is 0. The number of esters is 2. The largest absolute Gasteiger partial charge is 0.393 e. The molecule has 1 unspecified atom stereocenters. The first-order valence-electron chi connectivity index (χ1n) is 4.52. The number of benzene rings is 1. The first kappa shape index (κ1) is 9.58. The number of hydrogen-bond acceptors (Lipinski definition) is 4. The lowest BCUT2D eigenvalue weighted by atomic mass is 9.96. The Hall–Kier alpha value is -1.97. The van der Waals surface area contributed by atoms with Crippen LogP contribution in [0.15, 0.2) is 30.3 Å². The van der Waals surface area contributed by atoms with E-state index in [0.717, 1.165) is 0 Å². The van der Waals surface area contributed by atoms with Crippen LogP contribution in [-0.4, -0.2) is 17.7 Å². The predicted octanol–water partition coefficient (Wildman–Crippen LogP) is 0.959. The van der Waals surface area contributed by atoms with Crippen LogP contribution in [0.3, 0.4) is 0 Å². The van der Waals surface area contributed by atoms with E-state index in [2.05, 4.69) is 4.74 Å². The molecule has 1 aliphatic rings. The van der Waals surface area contributed by atoms with Crippen molar-refractivity contribution in [3.63, 3.8) is 0 Å². The highest BCUT2D eigenvalue weighted by molar-refractivity contribution is 6.14. The van der Waals surface area contributed by atoms with Crippen molar-refractivity contribution in [2.75, 3.05) is 0 Å². The molecule has 1 aromatic carbocycles. The van der Waals surface area contributed by atoms with Gasteiger partial charge in [0.05, 0.1) is 6.42 Å². The topological polar surface area (TPSA) is 60.4 Å². The first-order chi connectivity index (χ1) is 7.18. The van der Waals surface area contributed by atoms with Gasteiger partial charge in [0.2, 0.25) is 0 Å². The van der Waals surface area contributed by atoms with Crippen molar-refractivity contribution in [1.82, 2.24) is 0 Å². The standard InChI is InChI=1S/C11H8O4/c12-9-6-8(11(14)15-9)10(13)7-4-2-1-3-5-7/h1-5,8H,6H2. The maximum absolute atomic E-state index is 11.7. The Morgan fingerprint density at radius 2 is 1.87 bits per heavy atom. The number of carbonyl (C=O) groups is 3. The van der Waals surface area contributed by atoms with E-state index < -0.39 is 17.9 Å². The van der Waals surface area contributed by atoms with Crippen molar-refractivity contribution in [3.05, 3.63) is 35.9 Å². The third-order valence-electron chi connectivity index (χ3n) is 2.24. The minimum Gasteiger partial charge on any atom is -0.393 e. The Kier molecular flexibility index (Phi) is 2.33. The van der Waals surface area contributed by atoms with E-state index in [1.807, 2.05) is 0 Å². The van der Waals surface area contributed by atoms with E-state index in [-0.39, 0.29) is 12.2 Å². The van der Waals surface area contributed by atoms with Gasteiger partial charge < -0.3 is 4.74 Å². The predicted molar refractivity (Wildman–Crippen MR) is 50.0 cm³/mol. The zero-order chi connectivity index (χ0) is 10.8. The summed E-state index contributed by atoms with van der Waals surface area (Å²) in [6.45, 7) is 0. The molecular formula is C11H8O4. The molecule has 0 amide bonds. The van der Waals surface area contributed by atoms with Gasteiger partial charge in [-0.15, -0.1) is 0 Å². The average Bonchev–Trinajstić information content (AvgIpc) is 2.58. The van der Waals surface area contributed by atoms with Crippen molar-refractivity contribution in [1.29, 1.82) is 0 Å². The third kappa shape index (κ3) is 1.79. The number of cyclic esters (lactones) is 2. The van der Waals surface area contributed by atoms with Gasteiger partial charge in [0.25, 0.3) is 0 Å². The maximum atomic E-state index is 11.7. The zero-order valence-electron chi connectivity index (χ0n) is 7.80. The molecule has 1 aromatic rings. The maximum Gasteiger partial charge on any atom is 0.325 e. The van der Waals surface area contributed by atoms with Crippen molar-refractivity contribution in [2.45, 2.75) is 6.42 Å². The number of rotatable bonds is 2. The van der Waals surface area contributed by atoms with Crippen molar-refractivity contribution in [2.24, 2.45) is 5.92 Å². The van der Waals surface area contributed by atoms with Gasteiger partial charge in [-0.2, -0.15) is 0 Å². The summed E-state index contributed by atoms with van der Waals surface area (Å²) >= 11 is 0. The molecule has 1 saturated heterocycles. The highest BCUT2D eigenvalue weighted by atomic mass is 16.6. The number of ketones is 1. The zero-order valence-corrected chi connectivity index (χ0v) is 7.80. The molecule has 0 aromatic heterocycles. The van der Waals surface area contributed by atoms with E-state index in [9.17, 15) is 14.4 Å². The number of ether oxygens (including phenoxy) is 1. The van der Waals surface area contributed by atoms with Gasteiger partial charge in [0.1, 0.15) is 5.92 Å². The SMILES string of the molecule is O=C1CC(C(=O)c2ccccc2)C(=O)O1. The molecule has 0 bridgehead atoms. The number of carbonyl (C=O) groups excluding carboxylic acids is 3. The molecule has 1 aliphatic heterocycles. The van der Waals surface area contributed by atoms with Gasteiger partial charge in [-0.1, -0.05) is 30.3 Å². The Morgan fingerprint density at radius 1 is 1.20 bits per heavy atom. The molecule has 0 radical (unpaired) electrons. The first-order valence-corrected chi connectivity index (χ1v) is 4.52. The third-order valence-corrected chi connectivity index (χ3v) is 2.24. The second-order valence-corrected chi connectivity index (χ2v) is 3.28. The highest BCUT2D eigenvalue weighted by Gasteiger charge is 2.39. The summed E-state index contributed by atoms with van der Waals surface area (Å²) in [5.74, 6) is -2.69. The molecule has 0 aliphatic carbocycles. The molecule has 0 saturated carbocycles. The molecule has 1 heterocycles. The molecule has 0 N–H and O–H groups in total. The van der Waals surface area contributed by atoms with Crippen LogP contribution in [0.1, 0.15) is 16.8 Å². The average molecular weight is 204 g/mol. The Bertz CT molecular complexity index is 421. The fourth-order valence-electron chi connectivity index (χ4n) is 1.48. The second kappa shape index (κ2) is 3.65. The normalized spacial score (nSPS) is 20.1. The van der Waals surface area contributed by atoms with Crippen LogP contribution in [0.5, 0.6) is 0 Å². The fourth-order valence-corrected chi connectivity index (χ4v) is 1.48. The molecule has 4 heteroatoms. The van der Waals surface area contributed by atoms with Gasteiger partial charge in [0, 0.05) is 5.56 Å². The van der Waals surface area contributed by atoms with Gasteiger partial charge in [-0.3, -0.25) is 14.4 Å². The summed E-state index contributed by atoms with van der Waals surface area (Å²) < 4.78 is 4.32. The molecular weight excluding hydrogens is 196 g/mol. The van der Waals surface area contributed by atoms with Crippen molar-refractivity contribution < 1.29 is 19.1 Å². The highest BCUT2D eigenvalue weighted by Crippen LogP contribution is 2.20. The summed E-state index contributed by atoms with van der Waals surface area (Å²) in [4.78, 5) is 33.7. The Labute approximate surface area is 85.8 Å². The molecule has 0 spiro atoms. The summed E-state index contributed by atoms with van der Waals surface area (Å²) in [6.07, 6.45) is -0.146. The van der Waals surface area contributed by atoms with Crippen LogP contribution in [0.2, 0.25) is 0 Å². The Balaban J connectivity index is 2.23. The molecule has 2 rings (SSSR count).